The maximum Gasteiger partial charge on any atom is 0.263 e. The molecule has 0 amide bonds. The topological polar surface area (TPSA) is 85.8 Å². The van der Waals surface area contributed by atoms with Crippen molar-refractivity contribution in [1.29, 1.82) is 0 Å². The molecule has 0 aliphatic rings. The normalized spacial score (nSPS) is 11.8. The Labute approximate surface area is 192 Å². The van der Waals surface area contributed by atoms with Crippen LogP contribution in [0.1, 0.15) is 12.5 Å². The van der Waals surface area contributed by atoms with E-state index in [4.69, 9.17) is 10.7 Å². The molecule has 0 bridgehead atoms. The molecule has 4 rings (SSSR count). The number of nitrogens with two attached hydrogens (primary N) is 1. The molecule has 0 radical (unpaired) electrons. The van der Waals surface area contributed by atoms with Gasteiger partial charge in [0.05, 0.1) is 11.3 Å². The predicted octanol–water partition coefficient (Wildman–Crippen LogP) is 4.11. The summed E-state index contributed by atoms with van der Waals surface area (Å²) in [5, 5.41) is 3.27. The van der Waals surface area contributed by atoms with Crippen molar-refractivity contribution in [2.45, 2.75) is 25.9 Å². The van der Waals surface area contributed by atoms with Gasteiger partial charge in [-0.1, -0.05) is 42.5 Å². The molecule has 168 valence electrons. The van der Waals surface area contributed by atoms with Gasteiger partial charge >= 0.3 is 0 Å². The van der Waals surface area contributed by atoms with Crippen molar-refractivity contribution < 1.29 is 4.39 Å². The van der Waals surface area contributed by atoms with E-state index in [1.54, 1.807) is 41.2 Å². The van der Waals surface area contributed by atoms with Crippen molar-refractivity contribution in [2.24, 2.45) is 5.73 Å². The molecular formula is C26H26FN5O. The first kappa shape index (κ1) is 22.4. The summed E-state index contributed by atoms with van der Waals surface area (Å²) in [5.74, 6) is 0.0855. The minimum atomic E-state index is -0.362. The van der Waals surface area contributed by atoms with Crippen LogP contribution in [-0.2, 0) is 13.0 Å². The van der Waals surface area contributed by atoms with E-state index in [0.29, 0.717) is 42.3 Å². The standard InChI is InChI=1S/C26H26FN5O/c1-2-32-25(33)23(19-8-10-21(27)11-9-19)24(20-12-14-29-15-13-20)31-26(32)30-17-22(28)16-18-6-4-3-5-7-18/h3-15,22H,2,16-17,28H2,1H3,(H,30,31)/t22-/m1/s1. The van der Waals surface area contributed by atoms with Crippen LogP contribution in [-0.4, -0.2) is 27.1 Å². The number of nitrogens with zero attached hydrogens (tertiary/aromatic N) is 3. The lowest BCUT2D eigenvalue weighted by molar-refractivity contribution is 0.628. The number of halogens is 1. The van der Waals surface area contributed by atoms with Gasteiger partial charge in [0, 0.05) is 37.1 Å². The molecule has 4 aromatic rings. The highest BCUT2D eigenvalue weighted by atomic mass is 19.1. The highest BCUT2D eigenvalue weighted by Gasteiger charge is 2.19. The Morgan fingerprint density at radius 3 is 2.36 bits per heavy atom. The average Bonchev–Trinajstić information content (AvgIpc) is 2.84. The molecule has 0 saturated heterocycles. The summed E-state index contributed by atoms with van der Waals surface area (Å²) in [5.41, 5.74) is 9.58. The molecule has 2 heterocycles. The van der Waals surface area contributed by atoms with Crippen molar-refractivity contribution >= 4 is 5.95 Å². The van der Waals surface area contributed by atoms with Crippen LogP contribution < -0.4 is 16.6 Å². The smallest absolute Gasteiger partial charge is 0.263 e. The van der Waals surface area contributed by atoms with Crippen LogP contribution in [0.5, 0.6) is 0 Å². The van der Waals surface area contributed by atoms with Crippen LogP contribution in [0.4, 0.5) is 10.3 Å². The first-order valence-electron chi connectivity index (χ1n) is 10.9. The second-order valence-electron chi connectivity index (χ2n) is 7.78. The lowest BCUT2D eigenvalue weighted by Gasteiger charge is -2.19. The van der Waals surface area contributed by atoms with Gasteiger partial charge in [-0.25, -0.2) is 9.37 Å². The fourth-order valence-corrected chi connectivity index (χ4v) is 3.79. The van der Waals surface area contributed by atoms with Gasteiger partial charge < -0.3 is 11.1 Å². The Balaban J connectivity index is 1.73. The third-order valence-corrected chi connectivity index (χ3v) is 5.44. The quantitative estimate of drug-likeness (QED) is 0.428. The number of benzene rings is 2. The van der Waals surface area contributed by atoms with Crippen molar-refractivity contribution in [3.8, 4) is 22.4 Å². The first-order chi connectivity index (χ1) is 16.1. The largest absolute Gasteiger partial charge is 0.354 e. The maximum atomic E-state index is 13.6. The number of pyridine rings is 1. The molecule has 0 saturated carbocycles. The molecule has 0 aliphatic heterocycles. The number of hydrogen-bond acceptors (Lipinski definition) is 5. The van der Waals surface area contributed by atoms with Crippen LogP contribution in [0.25, 0.3) is 22.4 Å². The van der Waals surface area contributed by atoms with Crippen LogP contribution >= 0.6 is 0 Å². The maximum absolute atomic E-state index is 13.6. The van der Waals surface area contributed by atoms with Crippen molar-refractivity contribution in [2.75, 3.05) is 11.9 Å². The molecule has 0 spiro atoms. The van der Waals surface area contributed by atoms with Gasteiger partial charge in [0.15, 0.2) is 0 Å². The van der Waals surface area contributed by atoms with Crippen molar-refractivity contribution in [3.05, 3.63) is 101 Å². The Hall–Kier alpha value is -3.84. The fourth-order valence-electron chi connectivity index (χ4n) is 3.79. The molecule has 3 N–H and O–H groups in total. The third kappa shape index (κ3) is 5.15. The summed E-state index contributed by atoms with van der Waals surface area (Å²) in [4.78, 5) is 22.5. The van der Waals surface area contributed by atoms with E-state index in [1.165, 1.54) is 12.1 Å². The number of hydrogen-bond donors (Lipinski definition) is 2. The summed E-state index contributed by atoms with van der Waals surface area (Å²) in [7, 11) is 0. The Morgan fingerprint density at radius 2 is 1.70 bits per heavy atom. The van der Waals surface area contributed by atoms with E-state index < -0.39 is 0 Å². The highest BCUT2D eigenvalue weighted by molar-refractivity contribution is 5.80. The molecule has 2 aromatic heterocycles. The zero-order chi connectivity index (χ0) is 23.2. The number of rotatable bonds is 8. The van der Waals surface area contributed by atoms with Gasteiger partial charge in [-0.05, 0) is 48.7 Å². The van der Waals surface area contributed by atoms with Gasteiger partial charge in [-0.2, -0.15) is 0 Å². The zero-order valence-corrected chi connectivity index (χ0v) is 18.4. The molecule has 0 fully saturated rings. The van der Waals surface area contributed by atoms with E-state index in [9.17, 15) is 9.18 Å². The Bertz CT molecular complexity index is 1260. The Kier molecular flexibility index (Phi) is 6.90. The predicted molar refractivity (Wildman–Crippen MR) is 129 cm³/mol. The molecule has 2 aromatic carbocycles. The van der Waals surface area contributed by atoms with Gasteiger partial charge in [0.2, 0.25) is 5.95 Å². The SMILES string of the molecule is CCn1c(NC[C@H](N)Cc2ccccc2)nc(-c2ccncc2)c(-c2ccc(F)cc2)c1=O. The van der Waals surface area contributed by atoms with Gasteiger partial charge in [-0.3, -0.25) is 14.3 Å². The van der Waals surface area contributed by atoms with Crippen LogP contribution in [0.3, 0.4) is 0 Å². The lowest BCUT2D eigenvalue weighted by atomic mass is 10.0. The van der Waals surface area contributed by atoms with E-state index in [1.807, 2.05) is 37.3 Å². The minimum absolute atomic E-state index is 0.157. The average molecular weight is 444 g/mol. The van der Waals surface area contributed by atoms with E-state index in [2.05, 4.69) is 10.3 Å². The van der Waals surface area contributed by atoms with Gasteiger partial charge in [0.1, 0.15) is 5.82 Å². The second kappa shape index (κ2) is 10.2. The van der Waals surface area contributed by atoms with Crippen molar-refractivity contribution in [3.63, 3.8) is 0 Å². The van der Waals surface area contributed by atoms with E-state index in [-0.39, 0.29) is 17.4 Å². The Morgan fingerprint density at radius 1 is 1.00 bits per heavy atom. The molecule has 1 atom stereocenters. The van der Waals surface area contributed by atoms with Gasteiger partial charge in [0.25, 0.3) is 5.56 Å². The van der Waals surface area contributed by atoms with Crippen molar-refractivity contribution in [1.82, 2.24) is 14.5 Å². The molecule has 0 aliphatic carbocycles. The molecule has 6 nitrogen and oxygen atoms in total. The summed E-state index contributed by atoms with van der Waals surface area (Å²) in [6.07, 6.45) is 4.01. The third-order valence-electron chi connectivity index (χ3n) is 5.44. The number of anilines is 1. The van der Waals surface area contributed by atoms with E-state index in [0.717, 1.165) is 11.1 Å². The molecular weight excluding hydrogens is 417 g/mol. The van der Waals surface area contributed by atoms with Gasteiger partial charge in [-0.15, -0.1) is 0 Å². The fraction of sp³-hybridized carbons (Fsp3) is 0.192. The number of aromatic nitrogens is 3. The summed E-state index contributed by atoms with van der Waals surface area (Å²) >= 11 is 0. The second-order valence-corrected chi connectivity index (χ2v) is 7.78. The summed E-state index contributed by atoms with van der Waals surface area (Å²) in [6.45, 7) is 2.76. The molecule has 7 heteroatoms. The molecule has 0 unspecified atom stereocenters. The highest BCUT2D eigenvalue weighted by Crippen LogP contribution is 2.29. The van der Waals surface area contributed by atoms with Crippen LogP contribution in [0.2, 0.25) is 0 Å². The van der Waals surface area contributed by atoms with E-state index >= 15 is 0 Å². The number of nitrogens with one attached hydrogen (secondary N) is 1. The van der Waals surface area contributed by atoms with Crippen LogP contribution in [0, 0.1) is 5.82 Å². The summed E-state index contributed by atoms with van der Waals surface area (Å²) in [6, 6.07) is 19.4. The monoisotopic (exact) mass is 443 g/mol. The first-order valence-corrected chi connectivity index (χ1v) is 10.9. The zero-order valence-electron chi connectivity index (χ0n) is 18.4. The molecule has 33 heavy (non-hydrogen) atoms. The van der Waals surface area contributed by atoms with Crippen LogP contribution in [0.15, 0.2) is 83.9 Å². The lowest BCUT2D eigenvalue weighted by Crippen LogP contribution is -2.34. The minimum Gasteiger partial charge on any atom is -0.354 e. The summed E-state index contributed by atoms with van der Waals surface area (Å²) < 4.78 is 15.1.